The van der Waals surface area contributed by atoms with Gasteiger partial charge in [0.15, 0.2) is 0 Å². The molecule has 10 fully saturated rings. The molecule has 5 amide bonds. The first-order valence-corrected chi connectivity index (χ1v) is 39.2. The Kier molecular flexibility index (Phi) is 24.4. The molecule has 11 heterocycles. The minimum absolute atomic E-state index is 0.243. The van der Waals surface area contributed by atoms with E-state index in [2.05, 4.69) is 166 Å². The van der Waals surface area contributed by atoms with Gasteiger partial charge in [-0.15, -0.1) is 0 Å². The Hall–Kier alpha value is -8.54. The molecule has 5 aliphatic heterocycles. The van der Waals surface area contributed by atoms with Gasteiger partial charge in [-0.2, -0.15) is 0 Å². The maximum Gasteiger partial charge on any atom is 0.222 e. The predicted octanol–water partition coefficient (Wildman–Crippen LogP) is 11.2. The summed E-state index contributed by atoms with van der Waals surface area (Å²) in [5.41, 5.74) is 5.27. The van der Waals surface area contributed by atoms with Gasteiger partial charge in [0.1, 0.15) is 52.7 Å². The van der Waals surface area contributed by atoms with Crippen molar-refractivity contribution in [3.8, 4) is 0 Å². The van der Waals surface area contributed by atoms with Crippen molar-refractivity contribution in [2.75, 3.05) is 98.9 Å². The molecular formula is C82H111ClN18O5. The quantitative estimate of drug-likeness (QED) is 0.0879. The van der Waals surface area contributed by atoms with Crippen molar-refractivity contribution in [3.05, 3.63) is 133 Å². The number of H-pyrrole nitrogens is 3. The van der Waals surface area contributed by atoms with E-state index in [1.165, 1.54) is 62.4 Å². The lowest BCUT2D eigenvalue weighted by Gasteiger charge is -2.31. The third kappa shape index (κ3) is 17.8. The van der Waals surface area contributed by atoms with Gasteiger partial charge >= 0.3 is 0 Å². The fraction of sp³-hybridized carbons (Fsp3) is 0.573. The van der Waals surface area contributed by atoms with E-state index in [4.69, 9.17) is 11.6 Å². The van der Waals surface area contributed by atoms with Gasteiger partial charge in [-0.05, 0) is 173 Å². The van der Waals surface area contributed by atoms with Crippen LogP contribution in [0, 0.1) is 65.1 Å². The van der Waals surface area contributed by atoms with Crippen molar-refractivity contribution < 1.29 is 24.0 Å². The molecule has 4 N–H and O–H groups in total. The Morgan fingerprint density at radius 3 is 1.17 bits per heavy atom. The molecule has 3 unspecified atom stereocenters. The fourth-order valence-electron chi connectivity index (χ4n) is 19.5. The standard InChI is InChI=1S/C17H24N2O.2C16H21N5O.C16H22N2O.C11H19NO.C6H4ClN3/c1-18(11-13-6-4-3-5-7-13)16-8-14-10-17(20)19(2)12-15(14)9-16;2*1-20-8-11-6-12(5-10(11)7-14(20)22)21(2)16-13-3-4-17-15(13)18-9-19-16;1-18(11-12-5-3-2-4-6-12)15-7-13-9-16(19)17-10-14(13)8-15;1-3-8-4-9-6-11(13)12(2)7-10(9)5-8;7-5-4-1-2-8-6(4)10-3-9-5/h3-7,14-16H,8-12H2,1-2H3;2*3-4,9-12H,5-8H2,1-2H3,(H,17,18,19);2-6,13-15H,7-11H2,1H3,(H,17,19);8-10H,3-7H2,1-2H3;1-3H,(H,8,9,10)/t14-,15+,16?;2*10-,11+,12-;13-,14+,15?;8?,9-,10+;/m01100./s1. The zero-order chi connectivity index (χ0) is 74.3. The zero-order valence-electron chi connectivity index (χ0n) is 63.6. The molecule has 24 heteroatoms. The van der Waals surface area contributed by atoms with E-state index >= 15 is 0 Å². The predicted molar refractivity (Wildman–Crippen MR) is 416 cm³/mol. The summed E-state index contributed by atoms with van der Waals surface area (Å²) in [6.07, 6.45) is 27.2. The summed E-state index contributed by atoms with van der Waals surface area (Å²) >= 11 is 5.73. The number of fused-ring (bicyclic) bond motifs is 8. The molecule has 0 spiro atoms. The van der Waals surface area contributed by atoms with E-state index in [1.54, 1.807) is 18.9 Å². The molecule has 0 bridgehead atoms. The number of piperidine rings is 5. The number of halogens is 1. The molecule has 10 aliphatic rings. The maximum absolute atomic E-state index is 11.9. The van der Waals surface area contributed by atoms with Gasteiger partial charge in [-0.1, -0.05) is 85.6 Å². The number of carbonyl (C=O) groups excluding carboxylic acids is 5. The molecule has 5 saturated carbocycles. The molecule has 106 heavy (non-hydrogen) atoms. The van der Waals surface area contributed by atoms with Crippen molar-refractivity contribution in [1.82, 2.24) is 79.6 Å². The molecule has 0 radical (unpaired) electrons. The Morgan fingerprint density at radius 2 is 0.745 bits per heavy atom. The number of aromatic amines is 3. The average Bonchev–Trinajstić information content (AvgIpc) is 1.64. The van der Waals surface area contributed by atoms with E-state index in [9.17, 15) is 24.0 Å². The highest BCUT2D eigenvalue weighted by atomic mass is 35.5. The van der Waals surface area contributed by atoms with Crippen LogP contribution in [-0.2, 0) is 37.1 Å². The molecule has 8 aromatic rings. The van der Waals surface area contributed by atoms with Crippen LogP contribution in [0.3, 0.4) is 0 Å². The second kappa shape index (κ2) is 34.1. The van der Waals surface area contributed by atoms with Gasteiger partial charge < -0.3 is 49.7 Å². The van der Waals surface area contributed by atoms with Gasteiger partial charge in [0.05, 0.1) is 16.2 Å². The summed E-state index contributed by atoms with van der Waals surface area (Å²) < 4.78 is 0. The Bertz CT molecular complexity index is 4150. The van der Waals surface area contributed by atoms with Gasteiger partial charge in [-0.3, -0.25) is 33.8 Å². The van der Waals surface area contributed by atoms with Crippen LogP contribution in [0.25, 0.3) is 33.1 Å². The number of nitrogens with zero attached hydrogens (tertiary/aromatic N) is 14. The van der Waals surface area contributed by atoms with Crippen LogP contribution in [0.2, 0.25) is 5.15 Å². The first-order chi connectivity index (χ1) is 51.2. The molecule has 566 valence electrons. The summed E-state index contributed by atoms with van der Waals surface area (Å²) in [7, 11) is 16.4. The number of rotatable bonds is 11. The van der Waals surface area contributed by atoms with Gasteiger partial charge in [0, 0.05) is 163 Å². The Balaban J connectivity index is 0.000000114. The molecule has 23 nitrogen and oxygen atoms in total. The number of benzene rings is 2. The monoisotopic (exact) mass is 1460 g/mol. The molecule has 2 aromatic carbocycles. The number of hydrogen-bond acceptors (Lipinski definition) is 15. The maximum atomic E-state index is 11.9. The minimum Gasteiger partial charge on any atom is -0.356 e. The number of amides is 5. The summed E-state index contributed by atoms with van der Waals surface area (Å²) in [4.78, 5) is 110. The number of likely N-dealkylation sites (tertiary alicyclic amines) is 4. The Labute approximate surface area is 629 Å². The third-order valence-corrected chi connectivity index (χ3v) is 26.1. The zero-order valence-corrected chi connectivity index (χ0v) is 64.3. The third-order valence-electron chi connectivity index (χ3n) is 25.8. The van der Waals surface area contributed by atoms with E-state index in [0.29, 0.717) is 119 Å². The normalized spacial score (nSPS) is 28.6. The summed E-state index contributed by atoms with van der Waals surface area (Å²) in [5, 5.41) is 6.49. The number of anilines is 2. The fourth-order valence-corrected chi connectivity index (χ4v) is 19.7. The van der Waals surface area contributed by atoms with Gasteiger partial charge in [0.25, 0.3) is 0 Å². The van der Waals surface area contributed by atoms with Crippen LogP contribution in [0.5, 0.6) is 0 Å². The van der Waals surface area contributed by atoms with E-state index < -0.39 is 0 Å². The van der Waals surface area contributed by atoms with Crippen molar-refractivity contribution >= 4 is 85.9 Å². The summed E-state index contributed by atoms with van der Waals surface area (Å²) in [6, 6.07) is 29.3. The first kappa shape index (κ1) is 75.7. The molecule has 18 rings (SSSR count). The smallest absolute Gasteiger partial charge is 0.222 e. The average molecular weight is 1460 g/mol. The highest BCUT2D eigenvalue weighted by molar-refractivity contribution is 6.33. The highest BCUT2D eigenvalue weighted by Crippen LogP contribution is 2.46. The van der Waals surface area contributed by atoms with Gasteiger partial charge in [0.2, 0.25) is 29.5 Å². The van der Waals surface area contributed by atoms with Gasteiger partial charge in [-0.25, -0.2) is 29.9 Å². The van der Waals surface area contributed by atoms with Crippen LogP contribution < -0.4 is 15.1 Å². The lowest BCUT2D eigenvalue weighted by atomic mass is 9.88. The van der Waals surface area contributed by atoms with E-state index in [0.717, 1.165) is 147 Å². The Morgan fingerprint density at radius 1 is 0.406 bits per heavy atom. The van der Waals surface area contributed by atoms with Crippen LogP contribution in [0.4, 0.5) is 11.6 Å². The topological polar surface area (TPSA) is 248 Å². The van der Waals surface area contributed by atoms with Crippen molar-refractivity contribution in [1.29, 1.82) is 0 Å². The number of hydrogen-bond donors (Lipinski definition) is 4. The highest BCUT2D eigenvalue weighted by Gasteiger charge is 2.46. The number of aromatic nitrogens is 9. The lowest BCUT2D eigenvalue weighted by Crippen LogP contribution is -2.39. The minimum atomic E-state index is 0.243. The molecule has 15 atom stereocenters. The molecule has 5 aliphatic carbocycles. The van der Waals surface area contributed by atoms with E-state index in [-0.39, 0.29) is 5.91 Å². The number of nitrogens with one attached hydrogen (secondary N) is 4. The van der Waals surface area contributed by atoms with Crippen LogP contribution in [0.15, 0.2) is 116 Å². The lowest BCUT2D eigenvalue weighted by molar-refractivity contribution is -0.135. The van der Waals surface area contributed by atoms with Crippen molar-refractivity contribution in [2.24, 2.45) is 65.1 Å². The summed E-state index contributed by atoms with van der Waals surface area (Å²) in [5.74, 6) is 10.8. The van der Waals surface area contributed by atoms with Crippen LogP contribution >= 0.6 is 11.6 Å². The van der Waals surface area contributed by atoms with E-state index in [1.807, 2.05) is 78.4 Å². The largest absolute Gasteiger partial charge is 0.356 e. The van der Waals surface area contributed by atoms with Crippen molar-refractivity contribution in [3.63, 3.8) is 0 Å². The van der Waals surface area contributed by atoms with Crippen LogP contribution in [-0.4, -0.2) is 217 Å². The molecule has 6 aromatic heterocycles. The summed E-state index contributed by atoms with van der Waals surface area (Å²) in [6.45, 7) is 8.95. The number of carbonyl (C=O) groups is 5. The first-order valence-electron chi connectivity index (χ1n) is 38.9. The SMILES string of the molecule is CCC1C[C@H]2CC(=O)N(C)C[C@H]2C1.CN(Cc1ccccc1)C1C[C@H]2CC(=O)NC[C@H]2C1.CN1C[C@@H]2C[C@H](N(C)c3ncnc4[nH]ccc34)C[C@@H]2CC1=O.CN1C[C@@H]2C[C@H](N(C)c3ncnc4[nH]ccc34)C[C@@H]2CC1=O.CN1C[C@H]2CC(N(C)Cc3ccccc3)C[C@H]2CC1=O.Clc1ncnc2[nH]ccc12. The molecule has 5 saturated heterocycles. The van der Waals surface area contributed by atoms with Crippen LogP contribution in [0.1, 0.15) is 121 Å². The second-order valence-electron chi connectivity index (χ2n) is 32.6. The molecular weight excluding hydrogens is 1350 g/mol. The van der Waals surface area contributed by atoms with Crippen molar-refractivity contribution in [2.45, 2.75) is 147 Å². The second-order valence-corrected chi connectivity index (χ2v) is 32.9.